The van der Waals surface area contributed by atoms with Gasteiger partial charge in [-0.15, -0.1) is 0 Å². The molecule has 1 aromatic heterocycles. The largest absolute Gasteiger partial charge is 0.371 e. The van der Waals surface area contributed by atoms with Crippen LogP contribution in [0.3, 0.4) is 0 Å². The van der Waals surface area contributed by atoms with Crippen LogP contribution in [0.4, 0.5) is 5.69 Å². The van der Waals surface area contributed by atoms with Crippen molar-refractivity contribution in [3.05, 3.63) is 54.6 Å². The van der Waals surface area contributed by atoms with Crippen molar-refractivity contribution >= 4 is 16.6 Å². The molecule has 1 aliphatic carbocycles. The number of H-pyrrole nitrogens is 1. The van der Waals surface area contributed by atoms with Crippen LogP contribution in [-0.2, 0) is 0 Å². The van der Waals surface area contributed by atoms with E-state index in [1.807, 2.05) is 0 Å². The summed E-state index contributed by atoms with van der Waals surface area (Å²) in [5, 5.41) is 5.28. The maximum absolute atomic E-state index is 4.01. The van der Waals surface area contributed by atoms with Crippen LogP contribution < -0.4 is 10.2 Å². The molecule has 5 heteroatoms. The maximum Gasteiger partial charge on any atom is 0.0465 e. The fraction of sp³-hybridized carbons (Fsp3) is 0.517. The van der Waals surface area contributed by atoms with Crippen LogP contribution in [0.2, 0.25) is 0 Å². The summed E-state index contributed by atoms with van der Waals surface area (Å²) in [6.45, 7) is 8.37. The van der Waals surface area contributed by atoms with Gasteiger partial charge in [-0.05, 0) is 69.0 Å². The number of nitrogens with zero attached hydrogens (tertiary/aromatic N) is 3. The molecule has 3 heterocycles. The molecule has 1 saturated carbocycles. The molecular formula is C29H39N5. The van der Waals surface area contributed by atoms with Crippen molar-refractivity contribution in [2.75, 3.05) is 57.8 Å². The fourth-order valence-electron chi connectivity index (χ4n) is 6.25. The third-order valence-electron chi connectivity index (χ3n) is 8.73. The van der Waals surface area contributed by atoms with Crippen LogP contribution >= 0.6 is 0 Å². The van der Waals surface area contributed by atoms with Crippen molar-refractivity contribution in [3.8, 4) is 11.3 Å². The van der Waals surface area contributed by atoms with Gasteiger partial charge in [0.1, 0.15) is 0 Å². The minimum atomic E-state index is 0.437. The van der Waals surface area contributed by atoms with Crippen LogP contribution in [0, 0.1) is 0 Å². The summed E-state index contributed by atoms with van der Waals surface area (Å²) in [6, 6.07) is 20.5. The molecule has 3 aliphatic rings. The Kier molecular flexibility index (Phi) is 6.10. The number of aromatic nitrogens is 1. The fourth-order valence-corrected chi connectivity index (χ4v) is 6.25. The van der Waals surface area contributed by atoms with Gasteiger partial charge in [0, 0.05) is 79.7 Å². The number of hydrogen-bond acceptors (Lipinski definition) is 4. The molecular weight excluding hydrogens is 418 g/mol. The normalized spacial score (nSPS) is 22.2. The lowest BCUT2D eigenvalue weighted by Gasteiger charge is -2.53. The number of aromatic amines is 1. The Bertz CT molecular complexity index is 1070. The zero-order chi connectivity index (χ0) is 23.0. The molecule has 6 rings (SSSR count). The lowest BCUT2D eigenvalue weighted by molar-refractivity contribution is -0.0151. The molecule has 34 heavy (non-hydrogen) atoms. The number of likely N-dealkylation sites (N-methyl/N-ethyl adjacent to an activating group) is 1. The summed E-state index contributed by atoms with van der Waals surface area (Å²) in [5.41, 5.74) is 5.47. The van der Waals surface area contributed by atoms with Gasteiger partial charge in [0.15, 0.2) is 0 Å². The van der Waals surface area contributed by atoms with Crippen molar-refractivity contribution < 1.29 is 0 Å². The molecule has 3 aromatic rings. The highest BCUT2D eigenvalue weighted by Crippen LogP contribution is 2.38. The van der Waals surface area contributed by atoms with Crippen molar-refractivity contribution in [3.63, 3.8) is 0 Å². The molecule has 2 aromatic carbocycles. The van der Waals surface area contributed by atoms with E-state index in [9.17, 15) is 0 Å². The van der Waals surface area contributed by atoms with Gasteiger partial charge >= 0.3 is 0 Å². The lowest BCUT2D eigenvalue weighted by Crippen LogP contribution is -2.64. The minimum absolute atomic E-state index is 0.437. The van der Waals surface area contributed by atoms with Gasteiger partial charge in [0.05, 0.1) is 0 Å². The Labute approximate surface area is 204 Å². The number of hydrogen-bond donors (Lipinski definition) is 2. The van der Waals surface area contributed by atoms with Crippen molar-refractivity contribution in [1.82, 2.24) is 20.1 Å². The average Bonchev–Trinajstić information content (AvgIpc) is 3.29. The zero-order valence-electron chi connectivity index (χ0n) is 20.6. The van der Waals surface area contributed by atoms with Crippen LogP contribution in [0.15, 0.2) is 54.6 Å². The molecule has 0 spiro atoms. The summed E-state index contributed by atoms with van der Waals surface area (Å²) in [6.07, 6.45) is 6.62. The smallest absolute Gasteiger partial charge is 0.0465 e. The molecule has 2 aliphatic heterocycles. The van der Waals surface area contributed by atoms with Gasteiger partial charge in [-0.3, -0.25) is 4.90 Å². The monoisotopic (exact) mass is 457 g/mol. The zero-order valence-corrected chi connectivity index (χ0v) is 20.6. The molecule has 0 atom stereocenters. The number of rotatable bonds is 6. The second-order valence-corrected chi connectivity index (χ2v) is 10.8. The molecule has 3 fully saturated rings. The van der Waals surface area contributed by atoms with E-state index in [0.29, 0.717) is 11.6 Å². The second-order valence-electron chi connectivity index (χ2n) is 10.8. The maximum atomic E-state index is 4.01. The van der Waals surface area contributed by atoms with Crippen molar-refractivity contribution in [1.29, 1.82) is 0 Å². The molecule has 0 bridgehead atoms. The van der Waals surface area contributed by atoms with E-state index in [1.54, 1.807) is 0 Å². The first-order chi connectivity index (χ1) is 16.7. The first-order valence-electron chi connectivity index (χ1n) is 13.3. The summed E-state index contributed by atoms with van der Waals surface area (Å²) in [5.74, 6) is 0. The van der Waals surface area contributed by atoms with Gasteiger partial charge in [-0.25, -0.2) is 0 Å². The third-order valence-corrected chi connectivity index (χ3v) is 8.73. The van der Waals surface area contributed by atoms with Gasteiger partial charge in [-0.1, -0.05) is 30.3 Å². The van der Waals surface area contributed by atoms with E-state index in [2.05, 4.69) is 86.6 Å². The third kappa shape index (κ3) is 4.37. The Morgan fingerprint density at radius 2 is 1.71 bits per heavy atom. The molecule has 0 radical (unpaired) electrons. The number of piperidine rings is 1. The SMILES string of the molecule is CN1CCN(C2(CNC3CCN(c4cccc(-c5cc6ccccc6[nH]5)c4)CC3)CCC2)CC1. The topological polar surface area (TPSA) is 37.5 Å². The minimum Gasteiger partial charge on any atom is -0.371 e. The highest BCUT2D eigenvalue weighted by atomic mass is 15.3. The number of benzene rings is 2. The van der Waals surface area contributed by atoms with Crippen LogP contribution in [-0.4, -0.2) is 79.2 Å². The highest BCUT2D eigenvalue weighted by molar-refractivity contribution is 5.86. The Morgan fingerprint density at radius 3 is 2.44 bits per heavy atom. The van der Waals surface area contributed by atoms with E-state index >= 15 is 0 Å². The predicted octanol–water partition coefficient (Wildman–Crippen LogP) is 4.56. The Hall–Kier alpha value is -2.34. The molecule has 2 saturated heterocycles. The number of anilines is 1. The van der Waals surface area contributed by atoms with E-state index in [4.69, 9.17) is 0 Å². The number of fused-ring (bicyclic) bond motifs is 1. The predicted molar refractivity (Wildman–Crippen MR) is 143 cm³/mol. The molecule has 180 valence electrons. The first kappa shape index (κ1) is 22.1. The average molecular weight is 458 g/mol. The van der Waals surface area contributed by atoms with E-state index in [1.165, 1.54) is 92.7 Å². The summed E-state index contributed by atoms with van der Waals surface area (Å²) >= 11 is 0. The summed E-state index contributed by atoms with van der Waals surface area (Å²) in [7, 11) is 2.26. The van der Waals surface area contributed by atoms with Gasteiger partial charge < -0.3 is 20.1 Å². The van der Waals surface area contributed by atoms with Crippen molar-refractivity contribution in [2.24, 2.45) is 0 Å². The Morgan fingerprint density at radius 1 is 0.912 bits per heavy atom. The van der Waals surface area contributed by atoms with Gasteiger partial charge in [-0.2, -0.15) is 0 Å². The lowest BCUT2D eigenvalue weighted by atomic mass is 9.74. The van der Waals surface area contributed by atoms with Crippen LogP contribution in [0.5, 0.6) is 0 Å². The number of nitrogens with one attached hydrogen (secondary N) is 2. The van der Waals surface area contributed by atoms with Crippen LogP contribution in [0.25, 0.3) is 22.2 Å². The number of para-hydroxylation sites is 1. The second kappa shape index (κ2) is 9.37. The van der Waals surface area contributed by atoms with Crippen LogP contribution in [0.1, 0.15) is 32.1 Å². The molecule has 0 amide bonds. The first-order valence-corrected chi connectivity index (χ1v) is 13.3. The Balaban J connectivity index is 1.05. The summed E-state index contributed by atoms with van der Waals surface area (Å²) in [4.78, 5) is 11.4. The van der Waals surface area contributed by atoms with E-state index < -0.39 is 0 Å². The molecule has 0 unspecified atom stereocenters. The standard InChI is InChI=1S/C29H39N5/c1-32-16-18-34(19-17-32)29(12-5-13-29)22-30-25-10-14-33(15-11-25)26-8-4-7-23(20-26)28-21-24-6-2-3-9-27(24)31-28/h2-4,6-9,20-21,25,30-31H,5,10-19,22H2,1H3. The summed E-state index contributed by atoms with van der Waals surface area (Å²) < 4.78 is 0. The highest BCUT2D eigenvalue weighted by Gasteiger charge is 2.43. The number of piperazine rings is 1. The van der Waals surface area contributed by atoms with E-state index in [-0.39, 0.29) is 0 Å². The van der Waals surface area contributed by atoms with Gasteiger partial charge in [0.2, 0.25) is 0 Å². The molecule has 5 nitrogen and oxygen atoms in total. The van der Waals surface area contributed by atoms with E-state index in [0.717, 1.165) is 13.1 Å². The quantitative estimate of drug-likeness (QED) is 0.569. The molecule has 2 N–H and O–H groups in total. The van der Waals surface area contributed by atoms with Crippen molar-refractivity contribution in [2.45, 2.75) is 43.7 Å². The van der Waals surface area contributed by atoms with Gasteiger partial charge in [0.25, 0.3) is 0 Å².